The Balaban J connectivity index is 1.22. The zero-order valence-corrected chi connectivity index (χ0v) is 35.8. The number of nitrogens with zero attached hydrogens (tertiary/aromatic N) is 3. The van der Waals surface area contributed by atoms with Crippen molar-refractivity contribution in [3.05, 3.63) is 144 Å². The van der Waals surface area contributed by atoms with Crippen LogP contribution in [0.1, 0.15) is 75.3 Å². The quantitative estimate of drug-likeness (QED) is 0.0835. The smallest absolute Gasteiger partial charge is 0.227 e. The summed E-state index contributed by atoms with van der Waals surface area (Å²) in [6, 6.07) is 35.9. The minimum absolute atomic E-state index is 0.0983. The molecule has 1 aliphatic rings. The van der Waals surface area contributed by atoms with E-state index in [1.807, 2.05) is 0 Å². The molecule has 7 aromatic rings. The van der Waals surface area contributed by atoms with E-state index in [0.29, 0.717) is 11.6 Å². The Morgan fingerprint density at radius 3 is 2.29 bits per heavy atom. The molecule has 0 radical (unpaired) electrons. The number of hydrogen-bond donors (Lipinski definition) is 0. The third-order valence-electron chi connectivity index (χ3n) is 11.9. The van der Waals surface area contributed by atoms with Crippen LogP contribution in [0.4, 0.5) is 0 Å². The zero-order valence-electron chi connectivity index (χ0n) is 34.8. The van der Waals surface area contributed by atoms with E-state index in [4.69, 9.17) is 9.40 Å². The molecule has 5 heterocycles. The molecule has 0 fully saturated rings. The van der Waals surface area contributed by atoms with Gasteiger partial charge in [0, 0.05) is 45.3 Å². The summed E-state index contributed by atoms with van der Waals surface area (Å²) >= 11 is 0. The topological polar surface area (TPSA) is 33.8 Å². The zero-order chi connectivity index (χ0) is 39.5. The molecule has 4 nitrogen and oxygen atoms in total. The highest BCUT2D eigenvalue weighted by Gasteiger charge is 2.40. The lowest BCUT2D eigenvalue weighted by atomic mass is 9.79. The van der Waals surface area contributed by atoms with Crippen LogP contribution >= 0.6 is 0 Å². The van der Waals surface area contributed by atoms with Crippen molar-refractivity contribution < 1.29 is 13.6 Å². The number of hydrogen-bond acceptors (Lipinski definition) is 2. The van der Waals surface area contributed by atoms with Crippen molar-refractivity contribution in [1.29, 1.82) is 0 Å². The van der Waals surface area contributed by atoms with Crippen molar-refractivity contribution in [1.82, 2.24) is 4.98 Å². The lowest BCUT2D eigenvalue weighted by molar-refractivity contribution is -0.706. The van der Waals surface area contributed by atoms with Gasteiger partial charge in [-0.3, -0.25) is 0 Å². The van der Waals surface area contributed by atoms with E-state index in [1.165, 1.54) is 33.5 Å². The van der Waals surface area contributed by atoms with Crippen LogP contribution in [0.15, 0.2) is 127 Å². The number of fused-ring (bicyclic) bond motifs is 6. The summed E-state index contributed by atoms with van der Waals surface area (Å²) in [5.74, 6) is 0.868. The van der Waals surface area contributed by atoms with Gasteiger partial charge in [-0.2, -0.15) is 4.57 Å². The number of pyridine rings is 3. The molecule has 3 aromatic carbocycles. The maximum Gasteiger partial charge on any atom is 0.227 e. The molecule has 2 unspecified atom stereocenters. The summed E-state index contributed by atoms with van der Waals surface area (Å²) in [6.07, 6.45) is 9.80. The fraction of sp³-hybridized carbons (Fsp3) is 0.314. The first-order valence-corrected chi connectivity index (χ1v) is 23.9. The van der Waals surface area contributed by atoms with Gasteiger partial charge in [-0.15, -0.1) is 0 Å². The third kappa shape index (κ3) is 6.85. The lowest BCUT2D eigenvalue weighted by Crippen LogP contribution is -2.53. The lowest BCUT2D eigenvalue weighted by Gasteiger charge is -2.31. The van der Waals surface area contributed by atoms with Gasteiger partial charge in [0.05, 0.1) is 25.2 Å². The fourth-order valence-corrected chi connectivity index (χ4v) is 10.7. The largest absolute Gasteiger partial charge is 0.437 e. The van der Waals surface area contributed by atoms with E-state index in [2.05, 4.69) is 193 Å². The summed E-state index contributed by atoms with van der Waals surface area (Å²) in [6.45, 7) is 23.3. The molecular formula is C51H57N3OSi+2. The molecule has 5 heteroatoms. The average molecular weight is 756 g/mol. The number of rotatable bonds is 9. The molecule has 4 aromatic heterocycles. The minimum atomic E-state index is -1.63. The number of aryl methyl sites for hydroxylation is 2. The van der Waals surface area contributed by atoms with Crippen LogP contribution in [0, 0.1) is 5.92 Å². The van der Waals surface area contributed by atoms with Crippen LogP contribution in [-0.4, -0.2) is 13.1 Å². The highest BCUT2D eigenvalue weighted by Crippen LogP contribution is 2.43. The van der Waals surface area contributed by atoms with Crippen LogP contribution in [0.25, 0.3) is 55.8 Å². The van der Waals surface area contributed by atoms with Crippen molar-refractivity contribution in [3.63, 3.8) is 0 Å². The molecule has 0 aliphatic carbocycles. The Bertz CT molecular complexity index is 2600. The first-order valence-electron chi connectivity index (χ1n) is 20.4. The molecule has 0 saturated carbocycles. The van der Waals surface area contributed by atoms with Gasteiger partial charge in [-0.05, 0) is 83.2 Å². The predicted molar refractivity (Wildman–Crippen MR) is 236 cm³/mol. The second kappa shape index (κ2) is 14.4. The first-order chi connectivity index (χ1) is 26.7. The van der Waals surface area contributed by atoms with Gasteiger partial charge in [-0.1, -0.05) is 115 Å². The molecule has 56 heavy (non-hydrogen) atoms. The molecule has 1 aliphatic heterocycles. The molecule has 0 bridgehead atoms. The Kier molecular flexibility index (Phi) is 9.73. The van der Waals surface area contributed by atoms with Crippen molar-refractivity contribution in [2.24, 2.45) is 13.0 Å². The molecule has 0 amide bonds. The predicted octanol–water partition coefficient (Wildman–Crippen LogP) is 11.6. The molecule has 284 valence electrons. The summed E-state index contributed by atoms with van der Waals surface area (Å²) in [4.78, 5) is 5.11. The Morgan fingerprint density at radius 1 is 0.857 bits per heavy atom. The standard InChI is InChI=1S/C51H57N3OSi/c1-11-44-40(38-16-12-13-17-39(38)46-31-36(30-33(2)3)47(32-54(44)46)56(8,9)10)25-21-35-22-26-41-42-27-28-43(34-19-23-37(24-20-34)51(4,5)6)52-50(42)55-49(41)48(35)45-18-14-15-29-53(45)7/h11-20,22-24,26-29,31-33,40,44H,1,21,25,30H2,2-10H3/q+2. The van der Waals surface area contributed by atoms with Gasteiger partial charge in [0.25, 0.3) is 0 Å². The van der Waals surface area contributed by atoms with E-state index in [-0.39, 0.29) is 17.4 Å². The highest BCUT2D eigenvalue weighted by molar-refractivity contribution is 6.89. The number of allylic oxidation sites excluding steroid dienone is 1. The van der Waals surface area contributed by atoms with Crippen molar-refractivity contribution in [2.45, 2.75) is 90.9 Å². The molecule has 8 rings (SSSR count). The van der Waals surface area contributed by atoms with E-state index >= 15 is 0 Å². The monoisotopic (exact) mass is 755 g/mol. The number of benzene rings is 3. The van der Waals surface area contributed by atoms with Crippen molar-refractivity contribution in [3.8, 4) is 33.8 Å². The van der Waals surface area contributed by atoms with E-state index in [0.717, 1.165) is 58.1 Å². The van der Waals surface area contributed by atoms with Crippen LogP contribution in [-0.2, 0) is 25.3 Å². The first kappa shape index (κ1) is 37.8. The summed E-state index contributed by atoms with van der Waals surface area (Å²) in [5, 5.41) is 3.70. The van der Waals surface area contributed by atoms with E-state index < -0.39 is 8.07 Å². The fourth-order valence-electron chi connectivity index (χ4n) is 9.04. The molecule has 2 atom stereocenters. The summed E-state index contributed by atoms with van der Waals surface area (Å²) in [5.41, 5.74) is 14.1. The van der Waals surface area contributed by atoms with Gasteiger partial charge in [0.2, 0.25) is 17.1 Å². The van der Waals surface area contributed by atoms with Crippen LogP contribution in [0.5, 0.6) is 0 Å². The van der Waals surface area contributed by atoms with Gasteiger partial charge >= 0.3 is 0 Å². The number of aromatic nitrogens is 3. The number of furan rings is 1. The third-order valence-corrected chi connectivity index (χ3v) is 14.0. The van der Waals surface area contributed by atoms with Gasteiger partial charge in [-0.25, -0.2) is 9.55 Å². The maximum atomic E-state index is 6.85. The average Bonchev–Trinajstić information content (AvgIpc) is 3.54. The van der Waals surface area contributed by atoms with Crippen molar-refractivity contribution in [2.75, 3.05) is 0 Å². The Hall–Kier alpha value is -5.13. The normalized spacial score (nSPS) is 15.7. The Labute approximate surface area is 334 Å². The van der Waals surface area contributed by atoms with Crippen LogP contribution in [0.2, 0.25) is 19.6 Å². The summed E-state index contributed by atoms with van der Waals surface area (Å²) in [7, 11) is 0.498. The minimum Gasteiger partial charge on any atom is -0.437 e. The van der Waals surface area contributed by atoms with Crippen molar-refractivity contribution >= 4 is 35.3 Å². The van der Waals surface area contributed by atoms with E-state index in [9.17, 15) is 0 Å². The highest BCUT2D eigenvalue weighted by atomic mass is 28.3. The molecular weight excluding hydrogens is 699 g/mol. The van der Waals surface area contributed by atoms with Crippen LogP contribution in [0.3, 0.4) is 0 Å². The molecule has 0 spiro atoms. The van der Waals surface area contributed by atoms with Crippen LogP contribution < -0.4 is 14.3 Å². The summed E-state index contributed by atoms with van der Waals surface area (Å²) < 4.78 is 11.6. The SMILES string of the molecule is C=CC1C(CCc2ccc3c(oc4nc(-c5ccc(C(C)(C)C)cc5)ccc43)c2-c2cccc[n+]2C)c2ccccc2-c2cc(CC(C)C)c([Si](C)(C)C)c[n+]21. The van der Waals surface area contributed by atoms with Gasteiger partial charge < -0.3 is 4.42 Å². The Morgan fingerprint density at radius 2 is 1.59 bits per heavy atom. The second-order valence-electron chi connectivity index (χ2n) is 18.5. The second-order valence-corrected chi connectivity index (χ2v) is 23.5. The molecule has 0 N–H and O–H groups in total. The maximum absolute atomic E-state index is 6.85. The van der Waals surface area contributed by atoms with Gasteiger partial charge in [0.15, 0.2) is 24.0 Å². The van der Waals surface area contributed by atoms with E-state index in [1.54, 1.807) is 5.19 Å². The van der Waals surface area contributed by atoms with Gasteiger partial charge in [0.1, 0.15) is 7.05 Å². The molecule has 0 saturated heterocycles.